The van der Waals surface area contributed by atoms with E-state index in [1.165, 1.54) is 19.4 Å². The second kappa shape index (κ2) is 4.72. The molecule has 6 nitrogen and oxygen atoms in total. The lowest BCUT2D eigenvalue weighted by molar-refractivity contribution is 0.0693. The first-order valence-electron chi connectivity index (χ1n) is 6.19. The minimum Gasteiger partial charge on any atom is -0.353 e. The van der Waals surface area contributed by atoms with Gasteiger partial charge < -0.3 is 5.32 Å². The number of pyridine rings is 1. The molecule has 1 aromatic heterocycles. The molecule has 1 N–H and O–H groups in total. The molecule has 1 aromatic carbocycles. The van der Waals surface area contributed by atoms with Crippen molar-refractivity contribution in [2.45, 2.75) is 0 Å². The standard InChI is InChI=1S/C15H10N4O2/c1-19-14(20)11-3-2-10(6-12(11)15(19)21)18-13-8-17-5-4-9(13)7-16/h2-6,8,18H,1H3. The predicted octanol–water partition coefficient (Wildman–Crippen LogP) is 1.92. The first kappa shape index (κ1) is 12.8. The van der Waals surface area contributed by atoms with Gasteiger partial charge in [0.05, 0.1) is 28.6 Å². The Morgan fingerprint density at radius 1 is 1.19 bits per heavy atom. The highest BCUT2D eigenvalue weighted by molar-refractivity contribution is 6.21. The maximum absolute atomic E-state index is 11.9. The lowest BCUT2D eigenvalue weighted by Crippen LogP contribution is -2.24. The largest absolute Gasteiger partial charge is 0.353 e. The minimum atomic E-state index is -0.328. The van der Waals surface area contributed by atoms with Crippen LogP contribution in [0.25, 0.3) is 0 Å². The zero-order valence-corrected chi connectivity index (χ0v) is 11.1. The Kier molecular flexibility index (Phi) is 2.88. The third-order valence-corrected chi connectivity index (χ3v) is 3.31. The number of carbonyl (C=O) groups excluding carboxylic acids is 2. The molecule has 0 radical (unpaired) electrons. The topological polar surface area (TPSA) is 86.1 Å². The van der Waals surface area contributed by atoms with Gasteiger partial charge in [0.1, 0.15) is 6.07 Å². The number of hydrogen-bond acceptors (Lipinski definition) is 5. The van der Waals surface area contributed by atoms with E-state index >= 15 is 0 Å². The maximum Gasteiger partial charge on any atom is 0.261 e. The molecule has 21 heavy (non-hydrogen) atoms. The molecule has 0 bridgehead atoms. The average Bonchev–Trinajstić information content (AvgIpc) is 2.72. The number of amides is 2. The molecular weight excluding hydrogens is 268 g/mol. The Bertz CT molecular complexity index is 808. The quantitative estimate of drug-likeness (QED) is 0.848. The summed E-state index contributed by atoms with van der Waals surface area (Å²) in [5.74, 6) is -0.633. The van der Waals surface area contributed by atoms with Crippen LogP contribution in [0.15, 0.2) is 36.7 Å². The van der Waals surface area contributed by atoms with E-state index in [-0.39, 0.29) is 11.8 Å². The Morgan fingerprint density at radius 2 is 1.95 bits per heavy atom. The van der Waals surface area contributed by atoms with Crippen LogP contribution in [0.4, 0.5) is 11.4 Å². The van der Waals surface area contributed by atoms with E-state index in [9.17, 15) is 9.59 Å². The second-order valence-electron chi connectivity index (χ2n) is 4.59. The van der Waals surface area contributed by atoms with Gasteiger partial charge in [0.25, 0.3) is 11.8 Å². The molecule has 2 amide bonds. The van der Waals surface area contributed by atoms with E-state index in [1.54, 1.807) is 24.3 Å². The van der Waals surface area contributed by atoms with Crippen molar-refractivity contribution in [2.75, 3.05) is 12.4 Å². The van der Waals surface area contributed by atoms with Crippen LogP contribution in [-0.2, 0) is 0 Å². The number of hydrogen-bond donors (Lipinski definition) is 1. The van der Waals surface area contributed by atoms with Crippen LogP contribution in [0.5, 0.6) is 0 Å². The second-order valence-corrected chi connectivity index (χ2v) is 4.59. The first-order chi connectivity index (χ1) is 10.1. The Labute approximate surface area is 120 Å². The summed E-state index contributed by atoms with van der Waals surface area (Å²) in [7, 11) is 1.45. The number of nitrogens with zero attached hydrogens (tertiary/aromatic N) is 3. The van der Waals surface area contributed by atoms with Gasteiger partial charge in [0.15, 0.2) is 0 Å². The highest BCUT2D eigenvalue weighted by Gasteiger charge is 2.32. The monoisotopic (exact) mass is 278 g/mol. The average molecular weight is 278 g/mol. The number of imide groups is 1. The number of nitrogens with one attached hydrogen (secondary N) is 1. The number of rotatable bonds is 2. The minimum absolute atomic E-state index is 0.305. The molecule has 102 valence electrons. The number of anilines is 2. The van der Waals surface area contributed by atoms with Gasteiger partial charge in [-0.15, -0.1) is 0 Å². The van der Waals surface area contributed by atoms with E-state index in [0.29, 0.717) is 28.1 Å². The van der Waals surface area contributed by atoms with Crippen molar-refractivity contribution in [3.05, 3.63) is 53.3 Å². The summed E-state index contributed by atoms with van der Waals surface area (Å²) in [6.07, 6.45) is 3.06. The van der Waals surface area contributed by atoms with Crippen LogP contribution in [0.2, 0.25) is 0 Å². The van der Waals surface area contributed by atoms with E-state index in [4.69, 9.17) is 5.26 Å². The maximum atomic E-state index is 11.9. The molecule has 2 heterocycles. The Hall–Kier alpha value is -3.20. The predicted molar refractivity (Wildman–Crippen MR) is 75.1 cm³/mol. The molecule has 1 aliphatic rings. The summed E-state index contributed by atoms with van der Waals surface area (Å²) in [4.78, 5) is 28.8. The highest BCUT2D eigenvalue weighted by Crippen LogP contribution is 2.27. The molecule has 6 heteroatoms. The molecule has 0 saturated heterocycles. The van der Waals surface area contributed by atoms with E-state index in [1.807, 2.05) is 0 Å². The molecule has 3 rings (SSSR count). The van der Waals surface area contributed by atoms with Crippen LogP contribution in [-0.4, -0.2) is 28.7 Å². The zero-order chi connectivity index (χ0) is 15.0. The van der Waals surface area contributed by atoms with Crippen LogP contribution < -0.4 is 5.32 Å². The Balaban J connectivity index is 1.98. The fraction of sp³-hybridized carbons (Fsp3) is 0.0667. The van der Waals surface area contributed by atoms with Crippen molar-refractivity contribution in [1.29, 1.82) is 5.26 Å². The van der Waals surface area contributed by atoms with Crippen molar-refractivity contribution in [3.63, 3.8) is 0 Å². The van der Waals surface area contributed by atoms with E-state index in [2.05, 4.69) is 16.4 Å². The molecule has 0 aliphatic carbocycles. The normalized spacial score (nSPS) is 13.0. The van der Waals surface area contributed by atoms with E-state index in [0.717, 1.165) is 4.90 Å². The van der Waals surface area contributed by atoms with Crippen molar-refractivity contribution in [3.8, 4) is 6.07 Å². The first-order valence-corrected chi connectivity index (χ1v) is 6.19. The Morgan fingerprint density at radius 3 is 2.71 bits per heavy atom. The van der Waals surface area contributed by atoms with Gasteiger partial charge >= 0.3 is 0 Å². The number of carbonyl (C=O) groups is 2. The smallest absolute Gasteiger partial charge is 0.261 e. The van der Waals surface area contributed by atoms with Crippen molar-refractivity contribution >= 4 is 23.2 Å². The summed E-state index contributed by atoms with van der Waals surface area (Å²) in [5.41, 5.74) is 2.36. The summed E-state index contributed by atoms with van der Waals surface area (Å²) in [6.45, 7) is 0. The van der Waals surface area contributed by atoms with Crippen molar-refractivity contribution in [2.24, 2.45) is 0 Å². The van der Waals surface area contributed by atoms with Gasteiger partial charge in [-0.2, -0.15) is 5.26 Å². The van der Waals surface area contributed by atoms with E-state index < -0.39 is 0 Å². The molecule has 0 unspecified atom stereocenters. The SMILES string of the molecule is CN1C(=O)c2ccc(Nc3cnccc3C#N)cc2C1=O. The molecule has 0 spiro atoms. The third kappa shape index (κ3) is 2.01. The van der Waals surface area contributed by atoms with Crippen LogP contribution >= 0.6 is 0 Å². The van der Waals surface area contributed by atoms with Crippen LogP contribution in [0, 0.1) is 11.3 Å². The summed E-state index contributed by atoms with van der Waals surface area (Å²) in [6, 6.07) is 8.55. The van der Waals surface area contributed by atoms with Crippen LogP contribution in [0.1, 0.15) is 26.3 Å². The molecular formula is C15H10N4O2. The lowest BCUT2D eigenvalue weighted by atomic mass is 10.1. The van der Waals surface area contributed by atoms with Crippen LogP contribution in [0.3, 0.4) is 0 Å². The van der Waals surface area contributed by atoms with Gasteiger partial charge in [-0.25, -0.2) is 0 Å². The molecule has 1 aliphatic heterocycles. The lowest BCUT2D eigenvalue weighted by Gasteiger charge is -2.08. The molecule has 0 fully saturated rings. The molecule has 0 saturated carbocycles. The molecule has 2 aromatic rings. The van der Waals surface area contributed by atoms with Gasteiger partial charge in [0, 0.05) is 18.9 Å². The summed E-state index contributed by atoms with van der Waals surface area (Å²) < 4.78 is 0. The number of fused-ring (bicyclic) bond motifs is 1. The number of nitriles is 1. The zero-order valence-electron chi connectivity index (χ0n) is 11.1. The van der Waals surface area contributed by atoms with Gasteiger partial charge in [-0.1, -0.05) is 0 Å². The summed E-state index contributed by atoms with van der Waals surface area (Å²) in [5, 5.41) is 12.1. The van der Waals surface area contributed by atoms with Crippen molar-refractivity contribution in [1.82, 2.24) is 9.88 Å². The fourth-order valence-corrected chi connectivity index (χ4v) is 2.19. The fourth-order valence-electron chi connectivity index (χ4n) is 2.19. The third-order valence-electron chi connectivity index (χ3n) is 3.31. The number of benzene rings is 1. The van der Waals surface area contributed by atoms with Gasteiger partial charge in [-0.05, 0) is 24.3 Å². The molecule has 0 atom stereocenters. The van der Waals surface area contributed by atoms with Gasteiger partial charge in [0.2, 0.25) is 0 Å². The number of aromatic nitrogens is 1. The van der Waals surface area contributed by atoms with Crippen molar-refractivity contribution < 1.29 is 9.59 Å². The highest BCUT2D eigenvalue weighted by atomic mass is 16.2. The van der Waals surface area contributed by atoms with Gasteiger partial charge in [-0.3, -0.25) is 19.5 Å². The summed E-state index contributed by atoms with van der Waals surface area (Å²) >= 11 is 0.